The number of hydrogen-bond donors (Lipinski definition) is 2. The van der Waals surface area contributed by atoms with Gasteiger partial charge >= 0.3 is 0 Å². The van der Waals surface area contributed by atoms with Gasteiger partial charge in [0.1, 0.15) is 17.0 Å². The average Bonchev–Trinajstić information content (AvgIpc) is 3.32. The Hall–Kier alpha value is -2.60. The van der Waals surface area contributed by atoms with Crippen molar-refractivity contribution in [1.29, 1.82) is 0 Å². The lowest BCUT2D eigenvalue weighted by molar-refractivity contribution is 0.0912. The predicted octanol–water partition coefficient (Wildman–Crippen LogP) is 3.99. The first-order valence-electron chi connectivity index (χ1n) is 10.1. The van der Waals surface area contributed by atoms with Crippen LogP contribution < -0.4 is 10.6 Å². The van der Waals surface area contributed by atoms with Gasteiger partial charge in [0.2, 0.25) is 0 Å². The number of hydrogen-bond acceptors (Lipinski definition) is 4. The zero-order valence-corrected chi connectivity index (χ0v) is 16.7. The summed E-state index contributed by atoms with van der Waals surface area (Å²) in [6.07, 6.45) is 4.12. The second-order valence-electron chi connectivity index (χ2n) is 7.96. The van der Waals surface area contributed by atoms with Crippen molar-refractivity contribution in [2.75, 3.05) is 13.1 Å². The SMILES string of the molecule is Cc1c(C(NC(=O)c2ccn(C3CCCNC3)n2)C(C)C)oc2ccccc12. The van der Waals surface area contributed by atoms with Gasteiger partial charge in [0.25, 0.3) is 5.91 Å². The molecule has 1 saturated heterocycles. The maximum atomic E-state index is 12.9. The van der Waals surface area contributed by atoms with Crippen LogP contribution in [0.25, 0.3) is 11.0 Å². The molecular formula is C22H28N4O2. The van der Waals surface area contributed by atoms with Crippen LogP contribution in [0.15, 0.2) is 40.9 Å². The molecule has 28 heavy (non-hydrogen) atoms. The molecule has 2 atom stereocenters. The minimum atomic E-state index is -0.207. The van der Waals surface area contributed by atoms with Crippen LogP contribution in [0.3, 0.4) is 0 Å². The van der Waals surface area contributed by atoms with E-state index in [1.54, 1.807) is 6.07 Å². The maximum Gasteiger partial charge on any atom is 0.272 e. The molecule has 1 aliphatic rings. The highest BCUT2D eigenvalue weighted by atomic mass is 16.3. The minimum absolute atomic E-state index is 0.166. The number of nitrogens with zero attached hydrogens (tertiary/aromatic N) is 2. The van der Waals surface area contributed by atoms with E-state index in [0.29, 0.717) is 11.7 Å². The number of carbonyl (C=O) groups is 1. The number of piperidine rings is 1. The van der Waals surface area contributed by atoms with Crippen molar-refractivity contribution in [3.63, 3.8) is 0 Å². The van der Waals surface area contributed by atoms with Gasteiger partial charge in [-0.1, -0.05) is 32.0 Å². The first kappa shape index (κ1) is 18.7. The number of amides is 1. The fourth-order valence-corrected chi connectivity index (χ4v) is 3.96. The number of benzene rings is 1. The Bertz CT molecular complexity index is 966. The number of fused-ring (bicyclic) bond motifs is 1. The van der Waals surface area contributed by atoms with Crippen molar-refractivity contribution in [1.82, 2.24) is 20.4 Å². The predicted molar refractivity (Wildman–Crippen MR) is 109 cm³/mol. The van der Waals surface area contributed by atoms with Crippen LogP contribution in [-0.2, 0) is 0 Å². The number of furan rings is 1. The van der Waals surface area contributed by atoms with E-state index < -0.39 is 0 Å². The molecule has 0 saturated carbocycles. The summed E-state index contributed by atoms with van der Waals surface area (Å²) < 4.78 is 8.03. The summed E-state index contributed by atoms with van der Waals surface area (Å²) in [7, 11) is 0. The van der Waals surface area contributed by atoms with Crippen LogP contribution in [0.5, 0.6) is 0 Å². The molecule has 1 amide bonds. The van der Waals surface area contributed by atoms with E-state index in [1.165, 1.54) is 0 Å². The number of nitrogens with one attached hydrogen (secondary N) is 2. The second kappa shape index (κ2) is 7.80. The number of aromatic nitrogens is 2. The Kier molecular flexibility index (Phi) is 5.22. The maximum absolute atomic E-state index is 12.9. The minimum Gasteiger partial charge on any atom is -0.459 e. The third-order valence-electron chi connectivity index (χ3n) is 5.60. The van der Waals surface area contributed by atoms with Gasteiger partial charge in [0, 0.05) is 23.7 Å². The van der Waals surface area contributed by atoms with Crippen LogP contribution in [0.2, 0.25) is 0 Å². The van der Waals surface area contributed by atoms with Gasteiger partial charge in [-0.05, 0) is 44.4 Å². The topological polar surface area (TPSA) is 72.1 Å². The highest BCUT2D eigenvalue weighted by molar-refractivity contribution is 5.92. The zero-order chi connectivity index (χ0) is 19.7. The van der Waals surface area contributed by atoms with Crippen molar-refractivity contribution in [2.45, 2.75) is 45.7 Å². The van der Waals surface area contributed by atoms with Crippen molar-refractivity contribution in [2.24, 2.45) is 5.92 Å². The summed E-state index contributed by atoms with van der Waals surface area (Å²) in [6, 6.07) is 9.89. The van der Waals surface area contributed by atoms with E-state index in [2.05, 4.69) is 35.6 Å². The molecule has 2 unspecified atom stereocenters. The Morgan fingerprint density at radius 1 is 1.32 bits per heavy atom. The molecule has 6 nitrogen and oxygen atoms in total. The molecule has 0 bridgehead atoms. The van der Waals surface area contributed by atoms with E-state index in [0.717, 1.165) is 48.2 Å². The van der Waals surface area contributed by atoms with E-state index >= 15 is 0 Å². The summed E-state index contributed by atoms with van der Waals surface area (Å²) in [5.41, 5.74) is 2.38. The number of aryl methyl sites for hydroxylation is 1. The van der Waals surface area contributed by atoms with Crippen molar-refractivity contribution in [3.8, 4) is 0 Å². The molecule has 0 spiro atoms. The van der Waals surface area contributed by atoms with Crippen LogP contribution in [-0.4, -0.2) is 28.8 Å². The molecular weight excluding hydrogens is 352 g/mol. The van der Waals surface area contributed by atoms with Crippen molar-refractivity contribution in [3.05, 3.63) is 53.5 Å². The van der Waals surface area contributed by atoms with Gasteiger partial charge in [-0.2, -0.15) is 5.10 Å². The van der Waals surface area contributed by atoms with Crippen LogP contribution in [0.4, 0.5) is 0 Å². The number of para-hydroxylation sites is 1. The molecule has 0 radical (unpaired) electrons. The molecule has 6 heteroatoms. The first-order chi connectivity index (χ1) is 13.5. The third kappa shape index (κ3) is 3.56. The lowest BCUT2D eigenvalue weighted by atomic mass is 9.98. The summed E-state index contributed by atoms with van der Waals surface area (Å²) in [6.45, 7) is 8.18. The lowest BCUT2D eigenvalue weighted by Crippen LogP contribution is -2.33. The quantitative estimate of drug-likeness (QED) is 0.702. The Labute approximate surface area is 165 Å². The summed E-state index contributed by atoms with van der Waals surface area (Å²) >= 11 is 0. The van der Waals surface area contributed by atoms with E-state index in [1.807, 2.05) is 36.0 Å². The monoisotopic (exact) mass is 380 g/mol. The van der Waals surface area contributed by atoms with Crippen molar-refractivity contribution >= 4 is 16.9 Å². The Balaban J connectivity index is 1.55. The molecule has 148 valence electrons. The van der Waals surface area contributed by atoms with E-state index in [9.17, 15) is 4.79 Å². The molecule has 1 fully saturated rings. The van der Waals surface area contributed by atoms with Crippen LogP contribution >= 0.6 is 0 Å². The molecule has 2 N–H and O–H groups in total. The standard InChI is InChI=1S/C22H28N4O2/c1-14(2)20(21-15(3)17-8-4-5-9-19(17)28-21)24-22(27)18-10-12-26(25-18)16-7-6-11-23-13-16/h4-5,8-10,12,14,16,20,23H,6-7,11,13H2,1-3H3,(H,24,27). The van der Waals surface area contributed by atoms with Gasteiger partial charge in [-0.25, -0.2) is 0 Å². The van der Waals surface area contributed by atoms with Gasteiger partial charge in [-0.15, -0.1) is 0 Å². The van der Waals surface area contributed by atoms with E-state index in [-0.39, 0.29) is 17.9 Å². The zero-order valence-electron chi connectivity index (χ0n) is 16.7. The molecule has 2 aromatic heterocycles. The first-order valence-corrected chi connectivity index (χ1v) is 10.1. The van der Waals surface area contributed by atoms with E-state index in [4.69, 9.17) is 4.42 Å². The molecule has 1 aromatic carbocycles. The number of rotatable bonds is 5. The summed E-state index contributed by atoms with van der Waals surface area (Å²) in [5, 5.41) is 12.2. The average molecular weight is 380 g/mol. The van der Waals surface area contributed by atoms with Crippen molar-refractivity contribution < 1.29 is 9.21 Å². The van der Waals surface area contributed by atoms with Crippen LogP contribution in [0.1, 0.15) is 60.6 Å². The Morgan fingerprint density at radius 2 is 2.14 bits per heavy atom. The van der Waals surface area contributed by atoms with Gasteiger partial charge < -0.3 is 15.1 Å². The van der Waals surface area contributed by atoms with Gasteiger partial charge in [-0.3, -0.25) is 9.48 Å². The smallest absolute Gasteiger partial charge is 0.272 e. The number of carbonyl (C=O) groups excluding carboxylic acids is 1. The fraction of sp³-hybridized carbons (Fsp3) is 0.455. The molecule has 4 rings (SSSR count). The third-order valence-corrected chi connectivity index (χ3v) is 5.60. The molecule has 0 aliphatic carbocycles. The molecule has 3 heterocycles. The summed E-state index contributed by atoms with van der Waals surface area (Å²) in [4.78, 5) is 12.9. The fourth-order valence-electron chi connectivity index (χ4n) is 3.96. The second-order valence-corrected chi connectivity index (χ2v) is 7.96. The lowest BCUT2D eigenvalue weighted by Gasteiger charge is -2.23. The van der Waals surface area contributed by atoms with Gasteiger partial charge in [0.15, 0.2) is 0 Å². The molecule has 1 aliphatic heterocycles. The summed E-state index contributed by atoms with van der Waals surface area (Å²) in [5.74, 6) is 0.842. The largest absolute Gasteiger partial charge is 0.459 e. The van der Waals surface area contributed by atoms with Gasteiger partial charge in [0.05, 0.1) is 12.1 Å². The normalized spacial score (nSPS) is 18.5. The molecule has 3 aromatic rings. The highest BCUT2D eigenvalue weighted by Crippen LogP contribution is 2.33. The van der Waals surface area contributed by atoms with Crippen LogP contribution in [0, 0.1) is 12.8 Å². The Morgan fingerprint density at radius 3 is 2.86 bits per heavy atom. The highest BCUT2D eigenvalue weighted by Gasteiger charge is 2.26.